The smallest absolute Gasteiger partial charge is 0.246 e. The summed E-state index contributed by atoms with van der Waals surface area (Å²) in [6.07, 6.45) is 4.15. The zero-order chi connectivity index (χ0) is 21.1. The van der Waals surface area contributed by atoms with Gasteiger partial charge in [0.1, 0.15) is 5.82 Å². The second-order valence-electron chi connectivity index (χ2n) is 7.11. The van der Waals surface area contributed by atoms with E-state index in [2.05, 4.69) is 16.5 Å². The fourth-order valence-corrected chi connectivity index (χ4v) is 3.88. The number of ether oxygens (including phenoxy) is 1. The maximum absolute atomic E-state index is 13.9. The quantitative estimate of drug-likeness (QED) is 0.545. The van der Waals surface area contributed by atoms with Gasteiger partial charge in [0, 0.05) is 42.7 Å². The lowest BCUT2D eigenvalue weighted by molar-refractivity contribution is -0.125. The van der Waals surface area contributed by atoms with Crippen molar-refractivity contribution in [1.82, 2.24) is 9.47 Å². The Bertz CT molecular complexity index is 951. The molecule has 154 valence electrons. The van der Waals surface area contributed by atoms with Gasteiger partial charge < -0.3 is 24.9 Å². The molecule has 1 aliphatic rings. The highest BCUT2D eigenvalue weighted by Crippen LogP contribution is 2.38. The summed E-state index contributed by atoms with van der Waals surface area (Å²) in [6.45, 7) is 9.26. The minimum atomic E-state index is -0.426. The SMILES string of the molecule is C=CC(=O)N1CCC(n2cc(-c3ccc(F)c(OC)c3)c(C(C)=N)c2NCC)C1. The van der Waals surface area contributed by atoms with Crippen molar-refractivity contribution in [2.45, 2.75) is 26.3 Å². The van der Waals surface area contributed by atoms with Gasteiger partial charge in [0.15, 0.2) is 11.6 Å². The van der Waals surface area contributed by atoms with Gasteiger partial charge in [0.25, 0.3) is 0 Å². The molecule has 3 rings (SSSR count). The Balaban J connectivity index is 2.11. The number of nitrogens with one attached hydrogen (secondary N) is 2. The first kappa shape index (κ1) is 20.6. The number of carbonyl (C=O) groups is 1. The molecule has 6 nitrogen and oxygen atoms in total. The van der Waals surface area contributed by atoms with E-state index in [-0.39, 0.29) is 17.7 Å². The van der Waals surface area contributed by atoms with Crippen LogP contribution in [-0.4, -0.2) is 47.8 Å². The number of aromatic nitrogens is 1. The molecule has 0 radical (unpaired) electrons. The highest BCUT2D eigenvalue weighted by atomic mass is 19.1. The van der Waals surface area contributed by atoms with Crippen LogP contribution in [0.3, 0.4) is 0 Å². The van der Waals surface area contributed by atoms with E-state index in [0.717, 1.165) is 28.9 Å². The molecular formula is C22H27FN4O2. The molecular weight excluding hydrogens is 371 g/mol. The first-order valence-corrected chi connectivity index (χ1v) is 9.70. The van der Waals surface area contributed by atoms with Gasteiger partial charge >= 0.3 is 0 Å². The zero-order valence-electron chi connectivity index (χ0n) is 17.1. The minimum absolute atomic E-state index is 0.0726. The van der Waals surface area contributed by atoms with E-state index in [1.807, 2.05) is 13.1 Å². The van der Waals surface area contributed by atoms with Crippen LogP contribution in [0.1, 0.15) is 31.9 Å². The number of rotatable bonds is 7. The number of likely N-dealkylation sites (tertiary alicyclic amines) is 1. The van der Waals surface area contributed by atoms with Gasteiger partial charge in [-0.3, -0.25) is 4.79 Å². The maximum Gasteiger partial charge on any atom is 0.246 e. The van der Waals surface area contributed by atoms with E-state index >= 15 is 0 Å². The van der Waals surface area contributed by atoms with Gasteiger partial charge in [-0.25, -0.2) is 4.39 Å². The predicted octanol–water partition coefficient (Wildman–Crippen LogP) is 4.08. The normalized spacial score (nSPS) is 16.0. The van der Waals surface area contributed by atoms with Crippen molar-refractivity contribution in [2.75, 3.05) is 32.1 Å². The van der Waals surface area contributed by atoms with Gasteiger partial charge in [-0.05, 0) is 44.0 Å². The number of hydrogen-bond donors (Lipinski definition) is 2. The number of anilines is 1. The van der Waals surface area contributed by atoms with Gasteiger partial charge in [-0.2, -0.15) is 0 Å². The van der Waals surface area contributed by atoms with Crippen molar-refractivity contribution in [3.8, 4) is 16.9 Å². The van der Waals surface area contributed by atoms with Gasteiger partial charge in [0.2, 0.25) is 5.91 Å². The van der Waals surface area contributed by atoms with Crippen molar-refractivity contribution in [3.05, 3.63) is 48.4 Å². The molecule has 1 fully saturated rings. The number of benzene rings is 1. The van der Waals surface area contributed by atoms with E-state index < -0.39 is 5.82 Å². The van der Waals surface area contributed by atoms with E-state index in [4.69, 9.17) is 10.1 Å². The summed E-state index contributed by atoms with van der Waals surface area (Å²) >= 11 is 0. The Kier molecular flexibility index (Phi) is 6.06. The summed E-state index contributed by atoms with van der Waals surface area (Å²) in [6, 6.07) is 4.81. The fourth-order valence-electron chi connectivity index (χ4n) is 3.88. The van der Waals surface area contributed by atoms with Gasteiger partial charge in [-0.1, -0.05) is 12.6 Å². The predicted molar refractivity (Wildman–Crippen MR) is 113 cm³/mol. The number of halogens is 1. The average Bonchev–Trinajstić information content (AvgIpc) is 3.33. The van der Waals surface area contributed by atoms with Crippen molar-refractivity contribution in [3.63, 3.8) is 0 Å². The molecule has 1 aromatic heterocycles. The Morgan fingerprint density at radius 3 is 2.86 bits per heavy atom. The van der Waals surface area contributed by atoms with Crippen LogP contribution in [0, 0.1) is 11.2 Å². The van der Waals surface area contributed by atoms with Crippen LogP contribution in [-0.2, 0) is 4.79 Å². The second kappa shape index (κ2) is 8.51. The van der Waals surface area contributed by atoms with Crippen LogP contribution in [0.2, 0.25) is 0 Å². The summed E-state index contributed by atoms with van der Waals surface area (Å²) in [7, 11) is 1.43. The highest BCUT2D eigenvalue weighted by Gasteiger charge is 2.30. The minimum Gasteiger partial charge on any atom is -0.494 e. The van der Waals surface area contributed by atoms with Crippen LogP contribution in [0.5, 0.6) is 5.75 Å². The third kappa shape index (κ3) is 3.90. The third-order valence-corrected chi connectivity index (χ3v) is 5.26. The van der Waals surface area contributed by atoms with Crippen LogP contribution >= 0.6 is 0 Å². The largest absolute Gasteiger partial charge is 0.494 e. The number of nitrogens with zero attached hydrogens (tertiary/aromatic N) is 2. The first-order valence-electron chi connectivity index (χ1n) is 9.70. The highest BCUT2D eigenvalue weighted by molar-refractivity contribution is 6.07. The number of methoxy groups -OCH3 is 1. The summed E-state index contributed by atoms with van der Waals surface area (Å²) in [4.78, 5) is 13.8. The summed E-state index contributed by atoms with van der Waals surface area (Å²) in [5, 5.41) is 11.8. The molecule has 1 aliphatic heterocycles. The summed E-state index contributed by atoms with van der Waals surface area (Å²) in [5.41, 5.74) is 2.80. The molecule has 1 aromatic carbocycles. The fraction of sp³-hybridized carbons (Fsp3) is 0.364. The van der Waals surface area contributed by atoms with E-state index in [1.54, 1.807) is 24.0 Å². The first-order chi connectivity index (χ1) is 13.9. The van der Waals surface area contributed by atoms with Crippen LogP contribution < -0.4 is 10.1 Å². The van der Waals surface area contributed by atoms with Crippen molar-refractivity contribution < 1.29 is 13.9 Å². The third-order valence-electron chi connectivity index (χ3n) is 5.26. The molecule has 0 aliphatic carbocycles. The lowest BCUT2D eigenvalue weighted by Crippen LogP contribution is -2.27. The average molecular weight is 398 g/mol. The molecule has 2 heterocycles. The maximum atomic E-state index is 13.9. The summed E-state index contributed by atoms with van der Waals surface area (Å²) in [5.74, 6) is 0.510. The van der Waals surface area contributed by atoms with Gasteiger partial charge in [-0.15, -0.1) is 0 Å². The lowest BCUT2D eigenvalue weighted by atomic mass is 10.0. The summed E-state index contributed by atoms with van der Waals surface area (Å²) < 4.78 is 21.2. The molecule has 7 heteroatoms. The molecule has 1 amide bonds. The lowest BCUT2D eigenvalue weighted by Gasteiger charge is -2.19. The molecule has 29 heavy (non-hydrogen) atoms. The van der Waals surface area contributed by atoms with E-state index in [1.165, 1.54) is 19.3 Å². The van der Waals surface area contributed by atoms with Gasteiger partial charge in [0.05, 0.1) is 13.2 Å². The number of amides is 1. The molecule has 0 bridgehead atoms. The molecule has 1 unspecified atom stereocenters. The Morgan fingerprint density at radius 2 is 2.24 bits per heavy atom. The Morgan fingerprint density at radius 1 is 1.48 bits per heavy atom. The standard InChI is InChI=1S/C22H27FN4O2/c1-5-20(28)26-10-9-16(12-26)27-13-17(21(14(3)24)22(27)25-6-2)15-7-8-18(23)19(11-15)29-4/h5,7-8,11,13,16,24-25H,1,6,9-10,12H2,2-4H3. The zero-order valence-corrected chi connectivity index (χ0v) is 17.1. The van der Waals surface area contributed by atoms with Crippen molar-refractivity contribution in [2.24, 2.45) is 0 Å². The second-order valence-corrected chi connectivity index (χ2v) is 7.11. The molecule has 1 saturated heterocycles. The van der Waals surface area contributed by atoms with E-state index in [9.17, 15) is 9.18 Å². The van der Waals surface area contributed by atoms with Crippen molar-refractivity contribution in [1.29, 1.82) is 5.41 Å². The Hall–Kier alpha value is -3.09. The van der Waals surface area contributed by atoms with Crippen LogP contribution in [0.4, 0.5) is 10.2 Å². The number of carbonyl (C=O) groups excluding carboxylic acids is 1. The Labute approximate surface area is 170 Å². The van der Waals surface area contributed by atoms with E-state index in [0.29, 0.717) is 25.3 Å². The number of hydrogen-bond acceptors (Lipinski definition) is 4. The molecule has 1 atom stereocenters. The molecule has 2 N–H and O–H groups in total. The monoisotopic (exact) mass is 398 g/mol. The van der Waals surface area contributed by atoms with Crippen molar-refractivity contribution >= 4 is 17.4 Å². The molecule has 0 spiro atoms. The topological polar surface area (TPSA) is 70.3 Å². The molecule has 2 aromatic rings. The molecule has 0 saturated carbocycles. The van der Waals surface area contributed by atoms with Crippen LogP contribution in [0.15, 0.2) is 37.1 Å². The van der Waals surface area contributed by atoms with Crippen LogP contribution in [0.25, 0.3) is 11.1 Å².